The van der Waals surface area contributed by atoms with Crippen LogP contribution in [-0.4, -0.2) is 15.3 Å². The first-order valence-electron chi connectivity index (χ1n) is 4.40. The Bertz CT molecular complexity index is 307. The van der Waals surface area contributed by atoms with Crippen molar-refractivity contribution in [3.8, 4) is 0 Å². The zero-order valence-corrected chi connectivity index (χ0v) is 8.66. The molecule has 0 amide bonds. The SMILES string of the molecule is Cn1cnc(CC(=O)C(C)(C)C)c1. The number of nitrogens with zero attached hydrogens (tertiary/aromatic N) is 2. The van der Waals surface area contributed by atoms with E-state index in [4.69, 9.17) is 0 Å². The molecule has 0 saturated heterocycles. The zero-order chi connectivity index (χ0) is 10.1. The molecule has 0 aliphatic rings. The second kappa shape index (κ2) is 3.32. The number of hydrogen-bond donors (Lipinski definition) is 0. The van der Waals surface area contributed by atoms with Crippen LogP contribution in [0.4, 0.5) is 0 Å². The van der Waals surface area contributed by atoms with Crippen LogP contribution in [0, 0.1) is 5.41 Å². The minimum absolute atomic E-state index is 0.228. The fraction of sp³-hybridized carbons (Fsp3) is 0.600. The number of ketones is 1. The van der Waals surface area contributed by atoms with Crippen LogP contribution in [0.25, 0.3) is 0 Å². The average Bonchev–Trinajstić information content (AvgIpc) is 2.33. The summed E-state index contributed by atoms with van der Waals surface area (Å²) in [5.74, 6) is 0.228. The van der Waals surface area contributed by atoms with Gasteiger partial charge in [-0.15, -0.1) is 0 Å². The van der Waals surface area contributed by atoms with Crippen molar-refractivity contribution >= 4 is 5.78 Å². The summed E-state index contributed by atoms with van der Waals surface area (Å²) in [5, 5.41) is 0. The number of carbonyl (C=O) groups is 1. The maximum absolute atomic E-state index is 11.6. The monoisotopic (exact) mass is 180 g/mol. The van der Waals surface area contributed by atoms with Gasteiger partial charge in [-0.3, -0.25) is 4.79 Å². The highest BCUT2D eigenvalue weighted by Crippen LogP contribution is 2.16. The van der Waals surface area contributed by atoms with E-state index in [9.17, 15) is 4.79 Å². The first kappa shape index (κ1) is 9.96. The second-order valence-corrected chi connectivity index (χ2v) is 4.38. The van der Waals surface area contributed by atoms with Gasteiger partial charge in [0, 0.05) is 18.7 Å². The van der Waals surface area contributed by atoms with Gasteiger partial charge in [-0.05, 0) is 0 Å². The summed E-state index contributed by atoms with van der Waals surface area (Å²) < 4.78 is 1.85. The molecule has 0 unspecified atom stereocenters. The lowest BCUT2D eigenvalue weighted by molar-refractivity contribution is -0.125. The van der Waals surface area contributed by atoms with Gasteiger partial charge in [0.25, 0.3) is 0 Å². The Kier molecular flexibility index (Phi) is 2.55. The molecule has 0 aliphatic heterocycles. The van der Waals surface area contributed by atoms with E-state index in [2.05, 4.69) is 4.98 Å². The van der Waals surface area contributed by atoms with Crippen LogP contribution in [0.5, 0.6) is 0 Å². The lowest BCUT2D eigenvalue weighted by Gasteiger charge is -2.15. The molecule has 3 heteroatoms. The lowest BCUT2D eigenvalue weighted by Crippen LogP contribution is -2.22. The maximum Gasteiger partial charge on any atom is 0.144 e. The van der Waals surface area contributed by atoms with E-state index in [1.54, 1.807) is 6.33 Å². The summed E-state index contributed by atoms with van der Waals surface area (Å²) in [5.41, 5.74) is 0.583. The highest BCUT2D eigenvalue weighted by molar-refractivity contribution is 5.85. The number of imidazole rings is 1. The number of Topliss-reactive ketones (excluding diaryl/α,β-unsaturated/α-hetero) is 1. The molecule has 1 aromatic heterocycles. The molecule has 0 radical (unpaired) electrons. The quantitative estimate of drug-likeness (QED) is 0.692. The van der Waals surface area contributed by atoms with Crippen LogP contribution in [0.2, 0.25) is 0 Å². The van der Waals surface area contributed by atoms with Crippen molar-refractivity contribution in [2.75, 3.05) is 0 Å². The zero-order valence-electron chi connectivity index (χ0n) is 8.66. The topological polar surface area (TPSA) is 34.9 Å². The Morgan fingerprint density at radius 3 is 2.54 bits per heavy atom. The third kappa shape index (κ3) is 2.68. The number of aryl methyl sites for hydroxylation is 1. The maximum atomic E-state index is 11.6. The summed E-state index contributed by atoms with van der Waals surface area (Å²) in [6.45, 7) is 5.79. The van der Waals surface area contributed by atoms with E-state index in [1.165, 1.54) is 0 Å². The van der Waals surface area contributed by atoms with Gasteiger partial charge in [0.2, 0.25) is 0 Å². The van der Waals surface area contributed by atoms with E-state index in [0.29, 0.717) is 6.42 Å². The molecule has 1 aromatic rings. The smallest absolute Gasteiger partial charge is 0.144 e. The highest BCUT2D eigenvalue weighted by atomic mass is 16.1. The molecule has 0 bridgehead atoms. The van der Waals surface area contributed by atoms with Crippen LogP contribution < -0.4 is 0 Å². The average molecular weight is 180 g/mol. The van der Waals surface area contributed by atoms with Crippen molar-refractivity contribution < 1.29 is 4.79 Å². The second-order valence-electron chi connectivity index (χ2n) is 4.38. The molecule has 1 rings (SSSR count). The molecule has 1 heterocycles. The minimum Gasteiger partial charge on any atom is -0.340 e. The van der Waals surface area contributed by atoms with Crippen molar-refractivity contribution in [2.24, 2.45) is 12.5 Å². The largest absolute Gasteiger partial charge is 0.340 e. The van der Waals surface area contributed by atoms with Gasteiger partial charge in [-0.1, -0.05) is 20.8 Å². The van der Waals surface area contributed by atoms with Crippen LogP contribution in [-0.2, 0) is 18.3 Å². The molecule has 72 valence electrons. The van der Waals surface area contributed by atoms with Crippen LogP contribution in [0.15, 0.2) is 12.5 Å². The molecule has 0 atom stereocenters. The van der Waals surface area contributed by atoms with Crippen molar-refractivity contribution in [3.63, 3.8) is 0 Å². The minimum atomic E-state index is -0.266. The predicted octanol–water partition coefficient (Wildman–Crippen LogP) is 1.58. The summed E-state index contributed by atoms with van der Waals surface area (Å²) in [6.07, 6.45) is 4.03. The molecule has 0 saturated carbocycles. The van der Waals surface area contributed by atoms with Crippen molar-refractivity contribution in [2.45, 2.75) is 27.2 Å². The van der Waals surface area contributed by atoms with Crippen LogP contribution in [0.3, 0.4) is 0 Å². The molecule has 0 aliphatic carbocycles. The van der Waals surface area contributed by atoms with Gasteiger partial charge in [0.1, 0.15) is 5.78 Å². The molecule has 0 aromatic carbocycles. The molecule has 13 heavy (non-hydrogen) atoms. The molecule has 0 N–H and O–H groups in total. The highest BCUT2D eigenvalue weighted by Gasteiger charge is 2.21. The summed E-state index contributed by atoms with van der Waals surface area (Å²) in [7, 11) is 1.90. The number of rotatable bonds is 2. The van der Waals surface area contributed by atoms with Gasteiger partial charge in [0.05, 0.1) is 18.4 Å². The van der Waals surface area contributed by atoms with Crippen molar-refractivity contribution in [3.05, 3.63) is 18.2 Å². The Balaban J connectivity index is 2.65. The third-order valence-corrected chi connectivity index (χ3v) is 1.94. The van der Waals surface area contributed by atoms with Gasteiger partial charge < -0.3 is 4.57 Å². The van der Waals surface area contributed by atoms with Gasteiger partial charge in [-0.25, -0.2) is 4.98 Å². The van der Waals surface area contributed by atoms with Gasteiger partial charge >= 0.3 is 0 Å². The number of hydrogen-bond acceptors (Lipinski definition) is 2. The lowest BCUT2D eigenvalue weighted by atomic mass is 9.88. The summed E-state index contributed by atoms with van der Waals surface area (Å²) in [6, 6.07) is 0. The Labute approximate surface area is 78.8 Å². The molecular weight excluding hydrogens is 164 g/mol. The van der Waals surface area contributed by atoms with E-state index < -0.39 is 0 Å². The Morgan fingerprint density at radius 2 is 2.15 bits per heavy atom. The molecule has 0 fully saturated rings. The van der Waals surface area contributed by atoms with E-state index in [0.717, 1.165) is 5.69 Å². The van der Waals surface area contributed by atoms with Crippen LogP contribution >= 0.6 is 0 Å². The van der Waals surface area contributed by atoms with Gasteiger partial charge in [-0.2, -0.15) is 0 Å². The van der Waals surface area contributed by atoms with E-state index >= 15 is 0 Å². The van der Waals surface area contributed by atoms with Crippen molar-refractivity contribution in [1.29, 1.82) is 0 Å². The third-order valence-electron chi connectivity index (χ3n) is 1.94. The molecule has 0 spiro atoms. The predicted molar refractivity (Wildman–Crippen MR) is 51.4 cm³/mol. The van der Waals surface area contributed by atoms with Crippen LogP contribution in [0.1, 0.15) is 26.5 Å². The molecular formula is C10H16N2O. The molecule has 3 nitrogen and oxygen atoms in total. The number of aromatic nitrogens is 2. The normalized spacial score (nSPS) is 11.7. The van der Waals surface area contributed by atoms with E-state index in [1.807, 2.05) is 38.6 Å². The Morgan fingerprint density at radius 1 is 1.54 bits per heavy atom. The fourth-order valence-electron chi connectivity index (χ4n) is 0.988. The van der Waals surface area contributed by atoms with E-state index in [-0.39, 0.29) is 11.2 Å². The standard InChI is InChI=1S/C10H16N2O/c1-10(2,3)9(13)5-8-6-12(4)7-11-8/h6-7H,5H2,1-4H3. The van der Waals surface area contributed by atoms with Gasteiger partial charge in [0.15, 0.2) is 0 Å². The summed E-state index contributed by atoms with van der Waals surface area (Å²) in [4.78, 5) is 15.7. The fourth-order valence-corrected chi connectivity index (χ4v) is 0.988. The number of carbonyl (C=O) groups excluding carboxylic acids is 1. The first-order chi connectivity index (χ1) is 5.89. The Hall–Kier alpha value is -1.12. The first-order valence-corrected chi connectivity index (χ1v) is 4.40. The van der Waals surface area contributed by atoms with Crippen molar-refractivity contribution in [1.82, 2.24) is 9.55 Å². The summed E-state index contributed by atoms with van der Waals surface area (Å²) >= 11 is 0.